The summed E-state index contributed by atoms with van der Waals surface area (Å²) in [6.45, 7) is 1.11. The zero-order chi connectivity index (χ0) is 18.4. The van der Waals surface area contributed by atoms with Crippen molar-refractivity contribution >= 4 is 5.96 Å². The predicted octanol–water partition coefficient (Wildman–Crippen LogP) is 3.48. The van der Waals surface area contributed by atoms with Crippen LogP contribution < -0.4 is 10.6 Å². The van der Waals surface area contributed by atoms with Crippen LogP contribution in [0.15, 0.2) is 53.5 Å². The molecule has 0 unspecified atom stereocenters. The fourth-order valence-electron chi connectivity index (χ4n) is 3.38. The number of rotatable bonds is 5. The average Bonchev–Trinajstić information content (AvgIpc) is 2.65. The maximum atomic E-state index is 14.0. The summed E-state index contributed by atoms with van der Waals surface area (Å²) >= 11 is 0. The predicted molar refractivity (Wildman–Crippen MR) is 101 cm³/mol. The van der Waals surface area contributed by atoms with E-state index in [-0.39, 0.29) is 11.2 Å². The van der Waals surface area contributed by atoms with Gasteiger partial charge in [-0.25, -0.2) is 4.39 Å². The maximum Gasteiger partial charge on any atom is 0.191 e. The Hall–Kier alpha value is -2.87. The molecule has 0 amide bonds. The van der Waals surface area contributed by atoms with Crippen LogP contribution in [-0.4, -0.2) is 19.6 Å². The molecule has 1 saturated carbocycles. The largest absolute Gasteiger partial charge is 0.356 e. The normalized spacial score (nSPS) is 15.7. The molecule has 26 heavy (non-hydrogen) atoms. The van der Waals surface area contributed by atoms with Crippen molar-refractivity contribution in [3.8, 4) is 6.07 Å². The number of aliphatic imine (C=N–C) groups is 1. The molecule has 2 N–H and O–H groups in total. The molecule has 1 aliphatic rings. The zero-order valence-corrected chi connectivity index (χ0v) is 14.9. The number of nitrogens with one attached hydrogen (secondary N) is 2. The summed E-state index contributed by atoms with van der Waals surface area (Å²) in [4.78, 5) is 4.24. The van der Waals surface area contributed by atoms with Crippen molar-refractivity contribution < 1.29 is 4.39 Å². The van der Waals surface area contributed by atoms with Crippen molar-refractivity contribution in [3.05, 3.63) is 71.0 Å². The van der Waals surface area contributed by atoms with Gasteiger partial charge in [0.25, 0.3) is 0 Å². The monoisotopic (exact) mass is 350 g/mol. The van der Waals surface area contributed by atoms with E-state index >= 15 is 0 Å². The number of benzene rings is 2. The number of hydrogen-bond acceptors (Lipinski definition) is 2. The van der Waals surface area contributed by atoms with Crippen LogP contribution in [0, 0.1) is 17.1 Å². The first-order valence-electron chi connectivity index (χ1n) is 8.85. The molecule has 2 aromatic carbocycles. The van der Waals surface area contributed by atoms with E-state index in [1.165, 1.54) is 18.1 Å². The van der Waals surface area contributed by atoms with Crippen LogP contribution in [0.4, 0.5) is 4.39 Å². The minimum atomic E-state index is -0.383. The van der Waals surface area contributed by atoms with Crippen LogP contribution in [0.5, 0.6) is 0 Å². The van der Waals surface area contributed by atoms with Gasteiger partial charge in [-0.05, 0) is 30.5 Å². The number of hydrogen-bond donors (Lipinski definition) is 2. The van der Waals surface area contributed by atoms with E-state index < -0.39 is 0 Å². The third kappa shape index (κ3) is 3.85. The SMILES string of the molecule is CN=C(NCc1ccc(C#N)cc1F)NCC1(c2ccccc2)CCC1. The third-order valence-electron chi connectivity index (χ3n) is 5.14. The van der Waals surface area contributed by atoms with E-state index in [9.17, 15) is 4.39 Å². The van der Waals surface area contributed by atoms with Gasteiger partial charge in [-0.15, -0.1) is 0 Å². The van der Waals surface area contributed by atoms with Gasteiger partial charge >= 0.3 is 0 Å². The highest BCUT2D eigenvalue weighted by atomic mass is 19.1. The standard InChI is InChI=1S/C21H23FN4/c1-24-20(25-14-17-9-8-16(13-23)12-19(17)22)26-15-21(10-5-11-21)18-6-3-2-4-7-18/h2-4,6-9,12H,5,10-11,14-15H2,1H3,(H2,24,25,26). The van der Waals surface area contributed by atoms with Crippen molar-refractivity contribution in [1.29, 1.82) is 5.26 Å². The van der Waals surface area contributed by atoms with Crippen LogP contribution in [0.25, 0.3) is 0 Å². The molecule has 0 aromatic heterocycles. The van der Waals surface area contributed by atoms with Gasteiger partial charge in [0, 0.05) is 31.1 Å². The third-order valence-corrected chi connectivity index (χ3v) is 5.14. The van der Waals surface area contributed by atoms with E-state index in [4.69, 9.17) is 5.26 Å². The van der Waals surface area contributed by atoms with Crippen LogP contribution >= 0.6 is 0 Å². The van der Waals surface area contributed by atoms with Crippen molar-refractivity contribution in [2.45, 2.75) is 31.2 Å². The first-order chi connectivity index (χ1) is 12.7. The number of nitrogens with zero attached hydrogens (tertiary/aromatic N) is 2. The topological polar surface area (TPSA) is 60.2 Å². The molecule has 0 aliphatic heterocycles. The lowest BCUT2D eigenvalue weighted by Crippen LogP contribution is -2.48. The molecule has 0 saturated heterocycles. The molecule has 1 fully saturated rings. The van der Waals surface area contributed by atoms with Crippen LogP contribution in [0.2, 0.25) is 0 Å². The summed E-state index contributed by atoms with van der Waals surface area (Å²) in [7, 11) is 1.71. The lowest BCUT2D eigenvalue weighted by atomic mass is 9.64. The zero-order valence-electron chi connectivity index (χ0n) is 14.9. The Labute approximate surface area is 153 Å². The van der Waals surface area contributed by atoms with Gasteiger partial charge < -0.3 is 10.6 Å². The molecule has 2 aromatic rings. The molecule has 5 heteroatoms. The van der Waals surface area contributed by atoms with Crippen LogP contribution in [-0.2, 0) is 12.0 Å². The molecular weight excluding hydrogens is 327 g/mol. The maximum absolute atomic E-state index is 14.0. The van der Waals surface area contributed by atoms with Crippen molar-refractivity contribution in [3.63, 3.8) is 0 Å². The molecule has 4 nitrogen and oxygen atoms in total. The van der Waals surface area contributed by atoms with Crippen molar-refractivity contribution in [1.82, 2.24) is 10.6 Å². The van der Waals surface area contributed by atoms with E-state index in [0.717, 1.165) is 19.4 Å². The highest BCUT2D eigenvalue weighted by Crippen LogP contribution is 2.43. The molecule has 134 valence electrons. The summed E-state index contributed by atoms with van der Waals surface area (Å²) < 4.78 is 14.0. The van der Waals surface area contributed by atoms with Crippen molar-refractivity contribution in [2.24, 2.45) is 4.99 Å². The van der Waals surface area contributed by atoms with Gasteiger partial charge in [-0.1, -0.05) is 42.8 Å². The first kappa shape index (κ1) is 17.9. The average molecular weight is 350 g/mol. The summed E-state index contributed by atoms with van der Waals surface area (Å²) in [5.41, 5.74) is 2.34. The van der Waals surface area contributed by atoms with E-state index in [2.05, 4.69) is 39.9 Å². The lowest BCUT2D eigenvalue weighted by Gasteiger charge is -2.43. The van der Waals surface area contributed by atoms with Gasteiger partial charge in [0.2, 0.25) is 0 Å². The Bertz CT molecular complexity index is 820. The minimum Gasteiger partial charge on any atom is -0.356 e. The number of halogens is 1. The molecule has 1 aliphatic carbocycles. The van der Waals surface area contributed by atoms with E-state index in [1.54, 1.807) is 19.2 Å². The van der Waals surface area contributed by atoms with Gasteiger partial charge in [0.1, 0.15) is 5.82 Å². The Balaban J connectivity index is 1.59. The van der Waals surface area contributed by atoms with Gasteiger partial charge in [-0.2, -0.15) is 5.26 Å². The Morgan fingerprint density at radius 3 is 2.54 bits per heavy atom. The molecule has 0 atom stereocenters. The Kier molecular flexibility index (Phi) is 5.52. The van der Waals surface area contributed by atoms with Crippen LogP contribution in [0.3, 0.4) is 0 Å². The molecule has 0 bridgehead atoms. The van der Waals surface area contributed by atoms with Crippen LogP contribution in [0.1, 0.15) is 36.0 Å². The Morgan fingerprint density at radius 2 is 1.96 bits per heavy atom. The smallest absolute Gasteiger partial charge is 0.191 e. The molecule has 3 rings (SSSR count). The molecular formula is C21H23FN4. The highest BCUT2D eigenvalue weighted by Gasteiger charge is 2.38. The fraction of sp³-hybridized carbons (Fsp3) is 0.333. The summed E-state index contributed by atoms with van der Waals surface area (Å²) in [6, 6.07) is 17.0. The molecule has 0 radical (unpaired) electrons. The highest BCUT2D eigenvalue weighted by molar-refractivity contribution is 5.79. The Morgan fingerprint density at radius 1 is 1.19 bits per heavy atom. The fourth-order valence-corrected chi connectivity index (χ4v) is 3.38. The van der Waals surface area contributed by atoms with Gasteiger partial charge in [0.05, 0.1) is 11.6 Å². The second-order valence-corrected chi connectivity index (χ2v) is 6.70. The first-order valence-corrected chi connectivity index (χ1v) is 8.85. The second kappa shape index (κ2) is 8.01. The summed E-state index contributed by atoms with van der Waals surface area (Å²) in [6.07, 6.45) is 3.55. The van der Waals surface area contributed by atoms with E-state index in [0.29, 0.717) is 23.6 Å². The lowest BCUT2D eigenvalue weighted by molar-refractivity contribution is 0.244. The van der Waals surface area contributed by atoms with E-state index in [1.807, 2.05) is 12.1 Å². The van der Waals surface area contributed by atoms with Gasteiger partial charge in [-0.3, -0.25) is 4.99 Å². The number of nitriles is 1. The second-order valence-electron chi connectivity index (χ2n) is 6.70. The number of guanidine groups is 1. The quantitative estimate of drug-likeness (QED) is 0.641. The summed E-state index contributed by atoms with van der Waals surface area (Å²) in [5.74, 6) is 0.266. The summed E-state index contributed by atoms with van der Waals surface area (Å²) in [5, 5.41) is 15.4. The van der Waals surface area contributed by atoms with Crippen molar-refractivity contribution in [2.75, 3.05) is 13.6 Å². The minimum absolute atomic E-state index is 0.151. The van der Waals surface area contributed by atoms with Gasteiger partial charge in [0.15, 0.2) is 5.96 Å². The molecule has 0 spiro atoms. The molecule has 0 heterocycles.